The van der Waals surface area contributed by atoms with Gasteiger partial charge >= 0.3 is 6.09 Å². The topological polar surface area (TPSA) is 50.4 Å². The molecule has 0 radical (unpaired) electrons. The van der Waals surface area contributed by atoms with Crippen molar-refractivity contribution in [1.82, 2.24) is 5.32 Å². The number of hydrogen-bond donors (Lipinski definition) is 2. The Kier molecular flexibility index (Phi) is 5.06. The van der Waals surface area contributed by atoms with Gasteiger partial charge in [-0.25, -0.2) is 4.79 Å². The van der Waals surface area contributed by atoms with Gasteiger partial charge in [0.05, 0.1) is 6.04 Å². The maximum atomic E-state index is 11.0. The third kappa shape index (κ3) is 3.89. The number of ether oxygens (including phenoxy) is 1. The first-order chi connectivity index (χ1) is 9.81. The molecule has 1 fully saturated rings. The number of benzene rings is 2. The molecular weight excluding hydrogens is 288 g/mol. The lowest BCUT2D eigenvalue weighted by atomic mass is 10.1. The first-order valence-corrected chi connectivity index (χ1v) is 6.62. The second-order valence-corrected chi connectivity index (χ2v) is 4.76. The number of amides is 1. The summed E-state index contributed by atoms with van der Waals surface area (Å²) in [6, 6.07) is 18.3. The summed E-state index contributed by atoms with van der Waals surface area (Å²) in [6.45, 7) is 1.19. The highest BCUT2D eigenvalue weighted by atomic mass is 35.5. The van der Waals surface area contributed by atoms with Gasteiger partial charge in [-0.3, -0.25) is 0 Å². The summed E-state index contributed by atoms with van der Waals surface area (Å²) < 4.78 is 4.89. The molecule has 0 unspecified atom stereocenters. The maximum absolute atomic E-state index is 11.0. The number of rotatable bonds is 4. The Balaban J connectivity index is 0.00000161. The minimum atomic E-state index is -0.346. The van der Waals surface area contributed by atoms with Crippen molar-refractivity contribution in [3.05, 3.63) is 65.7 Å². The molecule has 3 rings (SSSR count). The van der Waals surface area contributed by atoms with Crippen LogP contribution >= 0.6 is 12.4 Å². The number of carbonyl (C=O) groups excluding carboxylic acids is 1. The predicted molar refractivity (Wildman–Crippen MR) is 84.7 cm³/mol. The molecule has 110 valence electrons. The van der Waals surface area contributed by atoms with Gasteiger partial charge in [0.15, 0.2) is 0 Å². The molecule has 0 aromatic heterocycles. The molecule has 5 heteroatoms. The smallest absolute Gasteiger partial charge is 0.407 e. The molecule has 4 nitrogen and oxygen atoms in total. The molecule has 1 amide bonds. The highest BCUT2D eigenvalue weighted by Gasteiger charge is 2.23. The fraction of sp³-hybridized carbons (Fsp3) is 0.188. The van der Waals surface area contributed by atoms with Crippen molar-refractivity contribution in [3.8, 4) is 0 Å². The lowest BCUT2D eigenvalue weighted by Crippen LogP contribution is -2.18. The first-order valence-electron chi connectivity index (χ1n) is 6.62. The molecule has 1 atom stereocenters. The van der Waals surface area contributed by atoms with Crippen molar-refractivity contribution < 1.29 is 9.53 Å². The van der Waals surface area contributed by atoms with E-state index in [2.05, 4.69) is 22.8 Å². The third-order valence-electron chi connectivity index (χ3n) is 3.33. The zero-order valence-electron chi connectivity index (χ0n) is 11.4. The summed E-state index contributed by atoms with van der Waals surface area (Å²) >= 11 is 0. The first kappa shape index (κ1) is 15.2. The average molecular weight is 305 g/mol. The number of cyclic esters (lactones) is 1. The van der Waals surface area contributed by atoms with E-state index in [-0.39, 0.29) is 24.5 Å². The van der Waals surface area contributed by atoms with E-state index in [1.165, 1.54) is 5.56 Å². The van der Waals surface area contributed by atoms with Gasteiger partial charge in [0.25, 0.3) is 0 Å². The van der Waals surface area contributed by atoms with Crippen molar-refractivity contribution in [1.29, 1.82) is 0 Å². The van der Waals surface area contributed by atoms with Gasteiger partial charge in [0.2, 0.25) is 0 Å². The van der Waals surface area contributed by atoms with Crippen LogP contribution in [0.2, 0.25) is 0 Å². The van der Waals surface area contributed by atoms with Crippen LogP contribution in [-0.2, 0) is 11.3 Å². The second-order valence-electron chi connectivity index (χ2n) is 4.76. The SMILES string of the molecule is Cl.O=C1N[C@H](c2ccc(NCc3ccccc3)cc2)CO1. The number of anilines is 1. The number of hydrogen-bond acceptors (Lipinski definition) is 3. The summed E-state index contributed by atoms with van der Waals surface area (Å²) in [4.78, 5) is 11.0. The molecule has 1 heterocycles. The molecule has 21 heavy (non-hydrogen) atoms. The predicted octanol–water partition coefficient (Wildman–Crippen LogP) is 3.50. The van der Waals surface area contributed by atoms with Gasteiger partial charge in [-0.05, 0) is 23.3 Å². The Labute approximate surface area is 129 Å². The summed E-state index contributed by atoms with van der Waals surface area (Å²) in [5.41, 5.74) is 3.36. The fourth-order valence-electron chi connectivity index (χ4n) is 2.20. The van der Waals surface area contributed by atoms with Crippen molar-refractivity contribution >= 4 is 24.2 Å². The standard InChI is InChI=1S/C16H16N2O2.ClH/c19-16-18-15(11-20-16)13-6-8-14(9-7-13)17-10-12-4-2-1-3-5-12;/h1-9,15,17H,10-11H2,(H,18,19);1H/t15-;/m0./s1. The van der Waals surface area contributed by atoms with Gasteiger partial charge in [-0.1, -0.05) is 42.5 Å². The Bertz CT molecular complexity index is 587. The summed E-state index contributed by atoms with van der Waals surface area (Å²) in [6.07, 6.45) is -0.346. The average Bonchev–Trinajstić information content (AvgIpc) is 2.93. The van der Waals surface area contributed by atoms with E-state index in [0.29, 0.717) is 6.61 Å². The van der Waals surface area contributed by atoms with Crippen LogP contribution in [0.3, 0.4) is 0 Å². The molecule has 2 N–H and O–H groups in total. The van der Waals surface area contributed by atoms with E-state index >= 15 is 0 Å². The second kappa shape index (κ2) is 6.99. The van der Waals surface area contributed by atoms with Crippen LogP contribution in [0, 0.1) is 0 Å². The zero-order valence-corrected chi connectivity index (χ0v) is 12.2. The zero-order chi connectivity index (χ0) is 13.8. The van der Waals surface area contributed by atoms with Crippen molar-refractivity contribution in [2.45, 2.75) is 12.6 Å². The molecule has 2 aromatic carbocycles. The number of alkyl carbamates (subject to hydrolysis) is 1. The van der Waals surface area contributed by atoms with E-state index in [0.717, 1.165) is 17.8 Å². The lowest BCUT2D eigenvalue weighted by molar-refractivity contribution is 0.177. The van der Waals surface area contributed by atoms with E-state index < -0.39 is 0 Å². The van der Waals surface area contributed by atoms with Crippen LogP contribution < -0.4 is 10.6 Å². The normalized spacial score (nSPS) is 16.6. The monoisotopic (exact) mass is 304 g/mol. The van der Waals surface area contributed by atoms with Gasteiger partial charge in [-0.15, -0.1) is 12.4 Å². The quantitative estimate of drug-likeness (QED) is 0.909. The minimum Gasteiger partial charge on any atom is -0.447 e. The van der Waals surface area contributed by atoms with E-state index in [4.69, 9.17) is 4.74 Å². The van der Waals surface area contributed by atoms with Crippen molar-refractivity contribution in [2.24, 2.45) is 0 Å². The highest BCUT2D eigenvalue weighted by molar-refractivity contribution is 5.85. The summed E-state index contributed by atoms with van der Waals surface area (Å²) in [5.74, 6) is 0. The Morgan fingerprint density at radius 1 is 1.10 bits per heavy atom. The Morgan fingerprint density at radius 2 is 1.81 bits per heavy atom. The van der Waals surface area contributed by atoms with Crippen LogP contribution in [0.25, 0.3) is 0 Å². The van der Waals surface area contributed by atoms with Crippen LogP contribution in [0.1, 0.15) is 17.2 Å². The molecule has 0 bridgehead atoms. The van der Waals surface area contributed by atoms with Crippen LogP contribution in [0.15, 0.2) is 54.6 Å². The van der Waals surface area contributed by atoms with Gasteiger partial charge in [-0.2, -0.15) is 0 Å². The van der Waals surface area contributed by atoms with Crippen molar-refractivity contribution in [3.63, 3.8) is 0 Å². The van der Waals surface area contributed by atoms with Crippen LogP contribution in [-0.4, -0.2) is 12.7 Å². The van der Waals surface area contributed by atoms with E-state index in [1.807, 2.05) is 42.5 Å². The van der Waals surface area contributed by atoms with Gasteiger partial charge in [0, 0.05) is 12.2 Å². The molecule has 0 saturated carbocycles. The van der Waals surface area contributed by atoms with Crippen molar-refractivity contribution in [2.75, 3.05) is 11.9 Å². The molecular formula is C16H17ClN2O2. The number of halogens is 1. The summed E-state index contributed by atoms with van der Waals surface area (Å²) in [5, 5.41) is 6.13. The Hall–Kier alpha value is -2.20. The third-order valence-corrected chi connectivity index (χ3v) is 3.33. The molecule has 1 aliphatic rings. The molecule has 0 spiro atoms. The Morgan fingerprint density at radius 3 is 2.43 bits per heavy atom. The van der Waals surface area contributed by atoms with E-state index in [9.17, 15) is 4.79 Å². The van der Waals surface area contributed by atoms with Crippen LogP contribution in [0.4, 0.5) is 10.5 Å². The lowest BCUT2D eigenvalue weighted by Gasteiger charge is -2.10. The maximum Gasteiger partial charge on any atom is 0.407 e. The van der Waals surface area contributed by atoms with E-state index in [1.54, 1.807) is 0 Å². The molecule has 1 saturated heterocycles. The number of carbonyl (C=O) groups is 1. The summed E-state index contributed by atoms with van der Waals surface area (Å²) in [7, 11) is 0. The van der Waals surface area contributed by atoms with Crippen LogP contribution in [0.5, 0.6) is 0 Å². The molecule has 2 aromatic rings. The van der Waals surface area contributed by atoms with Gasteiger partial charge < -0.3 is 15.4 Å². The molecule has 0 aliphatic carbocycles. The highest BCUT2D eigenvalue weighted by Crippen LogP contribution is 2.20. The number of nitrogens with one attached hydrogen (secondary N) is 2. The largest absolute Gasteiger partial charge is 0.447 e. The van der Waals surface area contributed by atoms with Gasteiger partial charge in [0.1, 0.15) is 6.61 Å². The molecule has 1 aliphatic heterocycles. The fourth-order valence-corrected chi connectivity index (χ4v) is 2.20. The minimum absolute atomic E-state index is 0.